The Kier molecular flexibility index (Phi) is 8.49. The molecule has 0 unspecified atom stereocenters. The molecule has 4 rings (SSSR count). The van der Waals surface area contributed by atoms with Gasteiger partial charge >= 0.3 is 11.9 Å². The first-order valence-electron chi connectivity index (χ1n) is 13.1. The summed E-state index contributed by atoms with van der Waals surface area (Å²) in [4.78, 5) is 34.9. The van der Waals surface area contributed by atoms with Crippen LogP contribution in [0.5, 0.6) is 0 Å². The number of nitrogens with zero attached hydrogens (tertiary/aromatic N) is 2. The Morgan fingerprint density at radius 2 is 1.05 bits per heavy atom. The average molecular weight is 499 g/mol. The lowest BCUT2D eigenvalue weighted by molar-refractivity contribution is 0.0514. The standard InChI is InChI=1S/C31H34N2O4/c1-5-36-30(34)28-20(3)32-26-18-12-10-14-22(26)24(28)16-8-7-9-17-25-23-15-11-13-19-27(23)33-21(4)29(25)31(35)37-6-2/h10-15,18-19H,5-9,16-17H2,1-4H3. The van der Waals surface area contributed by atoms with Crippen LogP contribution < -0.4 is 0 Å². The normalized spacial score (nSPS) is 11.1. The highest BCUT2D eigenvalue weighted by atomic mass is 16.5. The second-order valence-corrected chi connectivity index (χ2v) is 9.14. The van der Waals surface area contributed by atoms with Crippen molar-refractivity contribution >= 4 is 33.7 Å². The lowest BCUT2D eigenvalue weighted by Crippen LogP contribution is -2.13. The number of ether oxygens (including phenoxy) is 2. The van der Waals surface area contributed by atoms with Gasteiger partial charge < -0.3 is 9.47 Å². The number of aromatic nitrogens is 2. The van der Waals surface area contributed by atoms with E-state index >= 15 is 0 Å². The molecule has 0 saturated carbocycles. The molecule has 0 saturated heterocycles. The number of pyridine rings is 2. The number of fused-ring (bicyclic) bond motifs is 2. The third-order valence-corrected chi connectivity index (χ3v) is 6.67. The molecule has 0 fully saturated rings. The van der Waals surface area contributed by atoms with E-state index in [0.29, 0.717) is 35.7 Å². The molecule has 4 aromatic rings. The van der Waals surface area contributed by atoms with E-state index in [9.17, 15) is 9.59 Å². The quantitative estimate of drug-likeness (QED) is 0.179. The highest BCUT2D eigenvalue weighted by Gasteiger charge is 2.21. The van der Waals surface area contributed by atoms with Crippen molar-refractivity contribution in [2.24, 2.45) is 0 Å². The van der Waals surface area contributed by atoms with Crippen LogP contribution in [-0.2, 0) is 22.3 Å². The van der Waals surface area contributed by atoms with Gasteiger partial charge in [-0.05, 0) is 76.6 Å². The highest BCUT2D eigenvalue weighted by molar-refractivity contribution is 5.99. The van der Waals surface area contributed by atoms with Gasteiger partial charge in [-0.2, -0.15) is 0 Å². The smallest absolute Gasteiger partial charge is 0.340 e. The largest absolute Gasteiger partial charge is 0.462 e. The van der Waals surface area contributed by atoms with E-state index in [1.807, 2.05) is 76.2 Å². The summed E-state index contributed by atoms with van der Waals surface area (Å²) in [6.45, 7) is 8.03. The van der Waals surface area contributed by atoms with Gasteiger partial charge in [0.25, 0.3) is 0 Å². The molecule has 0 aliphatic carbocycles. The lowest BCUT2D eigenvalue weighted by Gasteiger charge is -2.16. The number of hydrogen-bond acceptors (Lipinski definition) is 6. The number of benzene rings is 2. The molecule has 0 bridgehead atoms. The molecule has 2 aromatic carbocycles. The fourth-order valence-electron chi connectivity index (χ4n) is 5.08. The summed E-state index contributed by atoms with van der Waals surface area (Å²) < 4.78 is 10.7. The van der Waals surface area contributed by atoms with Gasteiger partial charge in [-0.3, -0.25) is 9.97 Å². The van der Waals surface area contributed by atoms with Crippen molar-refractivity contribution in [2.45, 2.75) is 59.8 Å². The Bertz CT molecular complexity index is 1340. The van der Waals surface area contributed by atoms with Gasteiger partial charge in [0.05, 0.1) is 46.8 Å². The Labute approximate surface area is 218 Å². The van der Waals surface area contributed by atoms with Crippen molar-refractivity contribution in [1.82, 2.24) is 9.97 Å². The molecule has 37 heavy (non-hydrogen) atoms. The number of carbonyl (C=O) groups is 2. The predicted molar refractivity (Wildman–Crippen MR) is 146 cm³/mol. The molecule has 0 N–H and O–H groups in total. The minimum Gasteiger partial charge on any atom is -0.462 e. The van der Waals surface area contributed by atoms with E-state index in [0.717, 1.165) is 65.0 Å². The summed E-state index contributed by atoms with van der Waals surface area (Å²) in [7, 11) is 0. The predicted octanol–water partition coefficient (Wildman–Crippen LogP) is 6.71. The van der Waals surface area contributed by atoms with Crippen molar-refractivity contribution in [1.29, 1.82) is 0 Å². The van der Waals surface area contributed by atoms with Crippen LogP contribution in [0.2, 0.25) is 0 Å². The molecule has 0 spiro atoms. The minimum atomic E-state index is -0.314. The molecular formula is C31H34N2O4. The van der Waals surface area contributed by atoms with Gasteiger partial charge in [0.15, 0.2) is 0 Å². The number of rotatable bonds is 10. The molecule has 6 heteroatoms. The van der Waals surface area contributed by atoms with Gasteiger partial charge in [0, 0.05) is 10.8 Å². The summed E-state index contributed by atoms with van der Waals surface area (Å²) in [5.41, 5.74) is 6.34. The van der Waals surface area contributed by atoms with Crippen LogP contribution in [0.15, 0.2) is 48.5 Å². The summed E-state index contributed by atoms with van der Waals surface area (Å²) in [6.07, 6.45) is 4.24. The van der Waals surface area contributed by atoms with Crippen LogP contribution in [0, 0.1) is 13.8 Å². The molecule has 0 radical (unpaired) electrons. The Morgan fingerprint density at radius 3 is 1.46 bits per heavy atom. The van der Waals surface area contributed by atoms with Crippen LogP contribution in [0.4, 0.5) is 0 Å². The first-order chi connectivity index (χ1) is 18.0. The third kappa shape index (κ3) is 5.63. The SMILES string of the molecule is CCOC(=O)c1c(C)nc2ccccc2c1CCCCCc1c(C(=O)OCC)c(C)nc2ccccc12. The van der Waals surface area contributed by atoms with E-state index in [1.165, 1.54) is 0 Å². The maximum Gasteiger partial charge on any atom is 0.340 e. The van der Waals surface area contributed by atoms with Gasteiger partial charge in [-0.25, -0.2) is 9.59 Å². The first kappa shape index (κ1) is 26.3. The van der Waals surface area contributed by atoms with E-state index in [2.05, 4.69) is 9.97 Å². The van der Waals surface area contributed by atoms with Crippen molar-refractivity contribution < 1.29 is 19.1 Å². The molecular weight excluding hydrogens is 464 g/mol. The molecule has 0 atom stereocenters. The number of unbranched alkanes of at least 4 members (excludes halogenated alkanes) is 2. The molecule has 2 aromatic heterocycles. The van der Waals surface area contributed by atoms with E-state index in [-0.39, 0.29) is 11.9 Å². The maximum atomic E-state index is 12.8. The molecule has 192 valence electrons. The molecule has 2 heterocycles. The van der Waals surface area contributed by atoms with Gasteiger partial charge in [-0.15, -0.1) is 0 Å². The van der Waals surface area contributed by atoms with Gasteiger partial charge in [-0.1, -0.05) is 42.8 Å². The van der Waals surface area contributed by atoms with Crippen molar-refractivity contribution in [3.05, 3.63) is 82.2 Å². The fourth-order valence-corrected chi connectivity index (χ4v) is 5.08. The zero-order chi connectivity index (χ0) is 26.4. The molecule has 6 nitrogen and oxygen atoms in total. The van der Waals surface area contributed by atoms with E-state index in [4.69, 9.17) is 9.47 Å². The Hall–Kier alpha value is -3.80. The Balaban J connectivity index is 1.55. The zero-order valence-electron chi connectivity index (χ0n) is 22.1. The number of carbonyl (C=O) groups excluding carboxylic acids is 2. The van der Waals surface area contributed by atoms with Crippen LogP contribution in [0.25, 0.3) is 21.8 Å². The van der Waals surface area contributed by atoms with Crippen LogP contribution >= 0.6 is 0 Å². The zero-order valence-corrected chi connectivity index (χ0v) is 22.1. The first-order valence-corrected chi connectivity index (χ1v) is 13.1. The van der Waals surface area contributed by atoms with Gasteiger partial charge in [0.2, 0.25) is 0 Å². The minimum absolute atomic E-state index is 0.314. The maximum absolute atomic E-state index is 12.8. The Morgan fingerprint density at radius 1 is 0.649 bits per heavy atom. The molecule has 0 aliphatic rings. The van der Waals surface area contributed by atoms with Crippen molar-refractivity contribution in [3.8, 4) is 0 Å². The summed E-state index contributed by atoms with van der Waals surface area (Å²) in [5.74, 6) is -0.628. The average Bonchev–Trinajstić information content (AvgIpc) is 2.88. The van der Waals surface area contributed by atoms with E-state index < -0.39 is 0 Å². The topological polar surface area (TPSA) is 78.4 Å². The van der Waals surface area contributed by atoms with E-state index in [1.54, 1.807) is 0 Å². The molecule has 0 amide bonds. The second kappa shape index (κ2) is 12.0. The number of hydrogen-bond donors (Lipinski definition) is 0. The van der Waals surface area contributed by atoms with Crippen molar-refractivity contribution in [2.75, 3.05) is 13.2 Å². The van der Waals surface area contributed by atoms with Crippen molar-refractivity contribution in [3.63, 3.8) is 0 Å². The monoisotopic (exact) mass is 498 g/mol. The van der Waals surface area contributed by atoms with Crippen LogP contribution in [0.1, 0.15) is 76.3 Å². The van der Waals surface area contributed by atoms with Gasteiger partial charge in [0.1, 0.15) is 0 Å². The van der Waals surface area contributed by atoms with Crippen LogP contribution in [0.3, 0.4) is 0 Å². The molecule has 0 aliphatic heterocycles. The summed E-state index contributed by atoms with van der Waals surface area (Å²) in [6, 6.07) is 15.9. The fraction of sp³-hybridized carbons (Fsp3) is 0.355. The second-order valence-electron chi connectivity index (χ2n) is 9.14. The summed E-state index contributed by atoms with van der Waals surface area (Å²) >= 11 is 0. The van der Waals surface area contributed by atoms with Crippen LogP contribution in [-0.4, -0.2) is 35.1 Å². The highest BCUT2D eigenvalue weighted by Crippen LogP contribution is 2.28. The lowest BCUT2D eigenvalue weighted by atomic mass is 9.93. The third-order valence-electron chi connectivity index (χ3n) is 6.67. The summed E-state index contributed by atoms with van der Waals surface area (Å²) in [5, 5.41) is 1.99. The number of esters is 2. The number of para-hydroxylation sites is 2. The number of aryl methyl sites for hydroxylation is 4.